The number of nitrogens with two attached hydrogens (primary N) is 1. The highest BCUT2D eigenvalue weighted by Crippen LogP contribution is 2.20. The van der Waals surface area contributed by atoms with Gasteiger partial charge in [-0.3, -0.25) is 9.59 Å². The summed E-state index contributed by atoms with van der Waals surface area (Å²) in [5.41, 5.74) is 5.79. The summed E-state index contributed by atoms with van der Waals surface area (Å²) in [5.74, 6) is -1.17. The molecule has 1 aromatic heterocycles. The van der Waals surface area contributed by atoms with Crippen LogP contribution < -0.4 is 15.8 Å². The average molecular weight is 323 g/mol. The molecule has 2 rings (SSSR count). The molecule has 116 valence electrons. The normalized spacial score (nSPS) is 10.3. The Balaban J connectivity index is 1.89. The van der Waals surface area contributed by atoms with E-state index in [1.165, 1.54) is 25.4 Å². The van der Waals surface area contributed by atoms with Crippen molar-refractivity contribution >= 4 is 28.3 Å². The number of nitrogens with zero attached hydrogens (tertiary/aromatic N) is 1. The van der Waals surface area contributed by atoms with Gasteiger partial charge in [0, 0.05) is 6.42 Å². The number of ether oxygens (including phenoxy) is 1. The second-order valence-corrected chi connectivity index (χ2v) is 5.44. The largest absolute Gasteiger partial charge is 0.494 e. The van der Waals surface area contributed by atoms with E-state index in [0.717, 1.165) is 11.3 Å². The maximum atomic E-state index is 13.5. The van der Waals surface area contributed by atoms with Gasteiger partial charge < -0.3 is 15.8 Å². The molecule has 0 aliphatic heterocycles. The van der Waals surface area contributed by atoms with E-state index >= 15 is 0 Å². The molecule has 0 saturated heterocycles. The monoisotopic (exact) mass is 323 g/mol. The van der Waals surface area contributed by atoms with Crippen molar-refractivity contribution in [1.29, 1.82) is 0 Å². The summed E-state index contributed by atoms with van der Waals surface area (Å²) in [6.07, 6.45) is 1.85. The second-order valence-electron chi connectivity index (χ2n) is 4.41. The first-order valence-electron chi connectivity index (χ1n) is 6.37. The lowest BCUT2D eigenvalue weighted by Gasteiger charge is -2.05. The Kier molecular flexibility index (Phi) is 5.05. The number of thiazole rings is 1. The number of nitrogens with one attached hydrogen (secondary N) is 1. The predicted octanol–water partition coefficient (Wildman–Crippen LogP) is 1.96. The topological polar surface area (TPSA) is 94.3 Å². The van der Waals surface area contributed by atoms with Crippen molar-refractivity contribution in [2.45, 2.75) is 12.8 Å². The molecule has 1 heterocycles. The van der Waals surface area contributed by atoms with Crippen molar-refractivity contribution in [2.75, 3.05) is 12.4 Å². The van der Waals surface area contributed by atoms with E-state index in [4.69, 9.17) is 10.5 Å². The van der Waals surface area contributed by atoms with Gasteiger partial charge in [0.05, 0.1) is 13.3 Å². The second kappa shape index (κ2) is 6.99. The van der Waals surface area contributed by atoms with E-state index in [2.05, 4.69) is 10.3 Å². The number of anilines is 1. The highest BCUT2D eigenvalue weighted by atomic mass is 32.1. The standard InChI is InChI=1S/C14H14FN3O3S/c1-21-10-4-2-8(6-9(10)15)3-5-12(19)18-14-17-7-11(22-14)13(16)20/h2,4,6-7H,3,5H2,1H3,(H2,16,20)(H,17,18,19). The van der Waals surface area contributed by atoms with Crippen LogP contribution in [-0.2, 0) is 11.2 Å². The lowest BCUT2D eigenvalue weighted by atomic mass is 10.1. The Hall–Kier alpha value is -2.48. The van der Waals surface area contributed by atoms with Crippen LogP contribution in [0.4, 0.5) is 9.52 Å². The Morgan fingerprint density at radius 1 is 1.45 bits per heavy atom. The summed E-state index contributed by atoms with van der Waals surface area (Å²) in [6.45, 7) is 0. The third kappa shape index (κ3) is 4.01. The van der Waals surface area contributed by atoms with E-state index in [-0.39, 0.29) is 23.0 Å². The molecule has 0 aliphatic carbocycles. The number of aromatic nitrogens is 1. The summed E-state index contributed by atoms with van der Waals surface area (Å²) in [7, 11) is 1.39. The van der Waals surface area contributed by atoms with Gasteiger partial charge in [-0.1, -0.05) is 17.4 Å². The minimum atomic E-state index is -0.591. The first-order valence-corrected chi connectivity index (χ1v) is 7.19. The predicted molar refractivity (Wildman–Crippen MR) is 80.5 cm³/mol. The van der Waals surface area contributed by atoms with Crippen molar-refractivity contribution in [2.24, 2.45) is 5.73 Å². The van der Waals surface area contributed by atoms with E-state index < -0.39 is 11.7 Å². The highest BCUT2D eigenvalue weighted by Gasteiger charge is 2.10. The number of rotatable bonds is 6. The molecule has 0 saturated carbocycles. The van der Waals surface area contributed by atoms with Crippen molar-refractivity contribution in [1.82, 2.24) is 4.98 Å². The Morgan fingerprint density at radius 2 is 2.23 bits per heavy atom. The lowest BCUT2D eigenvalue weighted by molar-refractivity contribution is -0.116. The maximum absolute atomic E-state index is 13.5. The molecule has 1 aromatic carbocycles. The average Bonchev–Trinajstić information content (AvgIpc) is 2.94. The first-order chi connectivity index (χ1) is 10.5. The lowest BCUT2D eigenvalue weighted by Crippen LogP contribution is -2.12. The molecule has 2 aromatic rings. The SMILES string of the molecule is COc1ccc(CCC(=O)Nc2ncc(C(N)=O)s2)cc1F. The summed E-state index contributed by atoms with van der Waals surface area (Å²) in [4.78, 5) is 26.9. The molecule has 22 heavy (non-hydrogen) atoms. The molecule has 0 unspecified atom stereocenters. The van der Waals surface area contributed by atoms with Gasteiger partial charge in [-0.25, -0.2) is 9.37 Å². The van der Waals surface area contributed by atoms with E-state index in [9.17, 15) is 14.0 Å². The third-order valence-corrected chi connectivity index (χ3v) is 3.78. The molecule has 0 aliphatic rings. The smallest absolute Gasteiger partial charge is 0.260 e. The number of primary amides is 1. The van der Waals surface area contributed by atoms with Crippen molar-refractivity contribution < 1.29 is 18.7 Å². The van der Waals surface area contributed by atoms with Crippen LogP contribution in [0.2, 0.25) is 0 Å². The van der Waals surface area contributed by atoms with E-state index in [0.29, 0.717) is 17.1 Å². The van der Waals surface area contributed by atoms with Crippen molar-refractivity contribution in [3.05, 3.63) is 40.7 Å². The summed E-state index contributed by atoms with van der Waals surface area (Å²) in [6, 6.07) is 4.55. The zero-order valence-corrected chi connectivity index (χ0v) is 12.6. The number of methoxy groups -OCH3 is 1. The van der Waals surface area contributed by atoms with Gasteiger partial charge in [0.2, 0.25) is 5.91 Å². The molecule has 0 radical (unpaired) electrons. The molecule has 0 atom stereocenters. The van der Waals surface area contributed by atoms with E-state index in [1.54, 1.807) is 6.07 Å². The first kappa shape index (κ1) is 15.9. The summed E-state index contributed by atoms with van der Waals surface area (Å²) >= 11 is 1.00. The maximum Gasteiger partial charge on any atom is 0.260 e. The van der Waals surface area contributed by atoms with Gasteiger partial charge in [-0.2, -0.15) is 0 Å². The van der Waals surface area contributed by atoms with Crippen molar-refractivity contribution in [3.8, 4) is 5.75 Å². The quantitative estimate of drug-likeness (QED) is 0.849. The molecule has 0 spiro atoms. The van der Waals surface area contributed by atoms with Crippen LogP contribution in [0.25, 0.3) is 0 Å². The molecule has 0 fully saturated rings. The molecule has 3 N–H and O–H groups in total. The zero-order valence-electron chi connectivity index (χ0n) is 11.8. The number of carbonyl (C=O) groups is 2. The van der Waals surface area contributed by atoms with Gasteiger partial charge >= 0.3 is 0 Å². The van der Waals surface area contributed by atoms with Crippen LogP contribution in [0.15, 0.2) is 24.4 Å². The van der Waals surface area contributed by atoms with Gasteiger partial charge in [-0.05, 0) is 24.1 Å². The Labute approximate surface area is 130 Å². The Bertz CT molecular complexity index is 702. The van der Waals surface area contributed by atoms with Crippen LogP contribution >= 0.6 is 11.3 Å². The minimum absolute atomic E-state index is 0.162. The molecule has 2 amide bonds. The van der Waals surface area contributed by atoms with Gasteiger partial charge in [0.15, 0.2) is 16.7 Å². The number of halogens is 1. The fourth-order valence-electron chi connectivity index (χ4n) is 1.75. The zero-order chi connectivity index (χ0) is 16.1. The van der Waals surface area contributed by atoms with Crippen LogP contribution in [0, 0.1) is 5.82 Å². The van der Waals surface area contributed by atoms with E-state index in [1.807, 2.05) is 0 Å². The van der Waals surface area contributed by atoms with Gasteiger partial charge in [0.1, 0.15) is 4.88 Å². The van der Waals surface area contributed by atoms with Gasteiger partial charge in [-0.15, -0.1) is 0 Å². The summed E-state index contributed by atoms with van der Waals surface area (Å²) in [5, 5.41) is 2.87. The third-order valence-electron chi connectivity index (χ3n) is 2.85. The summed E-state index contributed by atoms with van der Waals surface area (Å²) < 4.78 is 18.3. The van der Waals surface area contributed by atoms with Crippen LogP contribution in [0.1, 0.15) is 21.7 Å². The van der Waals surface area contributed by atoms with Crippen LogP contribution in [-0.4, -0.2) is 23.9 Å². The number of amides is 2. The van der Waals surface area contributed by atoms with Crippen LogP contribution in [0.5, 0.6) is 5.75 Å². The fraction of sp³-hybridized carbons (Fsp3) is 0.214. The number of hydrogen-bond acceptors (Lipinski definition) is 5. The van der Waals surface area contributed by atoms with Crippen LogP contribution in [0.3, 0.4) is 0 Å². The number of benzene rings is 1. The fourth-order valence-corrected chi connectivity index (χ4v) is 2.44. The Morgan fingerprint density at radius 3 is 2.82 bits per heavy atom. The highest BCUT2D eigenvalue weighted by molar-refractivity contribution is 7.17. The molecular formula is C14H14FN3O3S. The number of aryl methyl sites for hydroxylation is 1. The minimum Gasteiger partial charge on any atom is -0.494 e. The molecule has 0 bridgehead atoms. The molecular weight excluding hydrogens is 309 g/mol. The number of hydrogen-bond donors (Lipinski definition) is 2. The molecule has 8 heteroatoms. The van der Waals surface area contributed by atoms with Gasteiger partial charge in [0.25, 0.3) is 5.91 Å². The molecule has 6 nitrogen and oxygen atoms in total. The number of carbonyl (C=O) groups excluding carboxylic acids is 2. The van der Waals surface area contributed by atoms with Crippen molar-refractivity contribution in [3.63, 3.8) is 0 Å².